The van der Waals surface area contributed by atoms with Crippen LogP contribution in [-0.2, 0) is 0 Å². The Bertz CT molecular complexity index is 769. The highest BCUT2D eigenvalue weighted by Crippen LogP contribution is 2.29. The minimum absolute atomic E-state index is 0.667. The topological polar surface area (TPSA) is 0 Å². The van der Waals surface area contributed by atoms with Crippen molar-refractivity contribution in [3.05, 3.63) is 48.0 Å². The Morgan fingerprint density at radius 2 is 0.789 bits per heavy atom. The molecule has 0 aliphatic carbocycles. The maximum Gasteiger partial charge on any atom is -0.0149 e. The van der Waals surface area contributed by atoms with E-state index in [1.807, 2.05) is 0 Å². The maximum absolute atomic E-state index is 2.42. The summed E-state index contributed by atoms with van der Waals surface area (Å²) in [5.41, 5.74) is 1.54. The minimum atomic E-state index is 0.667. The average Bonchev–Trinajstić information content (AvgIpc) is 2.95. The predicted molar refractivity (Wildman–Crippen MR) is 173 cm³/mol. The summed E-state index contributed by atoms with van der Waals surface area (Å²) in [4.78, 5) is 0. The Labute approximate surface area is 238 Å². The van der Waals surface area contributed by atoms with Crippen LogP contribution in [0.3, 0.4) is 0 Å². The molecule has 38 heavy (non-hydrogen) atoms. The van der Waals surface area contributed by atoms with Gasteiger partial charge in [0.1, 0.15) is 0 Å². The van der Waals surface area contributed by atoms with Crippen molar-refractivity contribution in [2.75, 3.05) is 0 Å². The summed E-state index contributed by atoms with van der Waals surface area (Å²) in [6.07, 6.45) is 36.4. The zero-order valence-electron chi connectivity index (χ0n) is 25.8. The van der Waals surface area contributed by atoms with Gasteiger partial charge in [0.2, 0.25) is 0 Å². The van der Waals surface area contributed by atoms with Crippen molar-refractivity contribution in [1.29, 1.82) is 0 Å². The lowest BCUT2D eigenvalue weighted by Gasteiger charge is -2.14. The van der Waals surface area contributed by atoms with Crippen molar-refractivity contribution in [3.63, 3.8) is 0 Å². The molecule has 1 atom stereocenters. The molecule has 0 heteroatoms. The summed E-state index contributed by atoms with van der Waals surface area (Å²) in [6, 6.07) is 15.7. The van der Waals surface area contributed by atoms with E-state index in [1.54, 1.807) is 0 Å². The zero-order valence-corrected chi connectivity index (χ0v) is 25.8. The molecule has 0 spiro atoms. The fourth-order valence-corrected chi connectivity index (χ4v) is 6.25. The van der Waals surface area contributed by atoms with E-state index < -0.39 is 0 Å². The molecule has 0 heterocycles. The molecule has 2 rings (SSSR count). The molecule has 0 amide bonds. The molecule has 216 valence electrons. The molecule has 1 unspecified atom stereocenters. The number of benzene rings is 2. The van der Waals surface area contributed by atoms with Gasteiger partial charge in [-0.3, -0.25) is 0 Å². The third kappa shape index (κ3) is 16.0. The SMILES string of the molecule is CCCCCCCCCCCCCCCCCCCCCCCCCCC(C)c1cccc2ccccc12. The van der Waals surface area contributed by atoms with Crippen LogP contribution in [0.15, 0.2) is 42.5 Å². The summed E-state index contributed by atoms with van der Waals surface area (Å²) in [6.45, 7) is 4.72. The van der Waals surface area contributed by atoms with Crippen LogP contribution in [0.25, 0.3) is 10.8 Å². The Balaban J connectivity index is 1.27. The van der Waals surface area contributed by atoms with Gasteiger partial charge in [-0.1, -0.05) is 210 Å². The monoisotopic (exact) mass is 521 g/mol. The van der Waals surface area contributed by atoms with Crippen molar-refractivity contribution in [1.82, 2.24) is 0 Å². The molecule has 0 bridgehead atoms. The van der Waals surface area contributed by atoms with Gasteiger partial charge in [-0.15, -0.1) is 0 Å². The van der Waals surface area contributed by atoms with Gasteiger partial charge in [0.15, 0.2) is 0 Å². The summed E-state index contributed by atoms with van der Waals surface area (Å²) < 4.78 is 0. The number of hydrogen-bond acceptors (Lipinski definition) is 0. The summed E-state index contributed by atoms with van der Waals surface area (Å²) >= 11 is 0. The number of hydrogen-bond donors (Lipinski definition) is 0. The lowest BCUT2D eigenvalue weighted by Crippen LogP contribution is -1.95. The van der Waals surface area contributed by atoms with Crippen LogP contribution in [0.5, 0.6) is 0 Å². The molecule has 0 aliphatic heterocycles. The van der Waals surface area contributed by atoms with Gasteiger partial charge in [0, 0.05) is 0 Å². The van der Waals surface area contributed by atoms with Crippen molar-refractivity contribution in [2.24, 2.45) is 0 Å². The Morgan fingerprint density at radius 1 is 0.421 bits per heavy atom. The summed E-state index contributed by atoms with van der Waals surface area (Å²) in [5.74, 6) is 0.667. The molecule has 0 N–H and O–H groups in total. The van der Waals surface area contributed by atoms with Gasteiger partial charge in [-0.2, -0.15) is 0 Å². The maximum atomic E-state index is 2.42. The molecular weight excluding hydrogens is 456 g/mol. The van der Waals surface area contributed by atoms with Crippen molar-refractivity contribution < 1.29 is 0 Å². The van der Waals surface area contributed by atoms with Crippen molar-refractivity contribution in [3.8, 4) is 0 Å². The van der Waals surface area contributed by atoms with Gasteiger partial charge in [-0.05, 0) is 28.7 Å². The third-order valence-electron chi connectivity index (χ3n) is 8.84. The number of unbranched alkanes of at least 4 members (excludes halogenated alkanes) is 23. The van der Waals surface area contributed by atoms with Crippen LogP contribution in [-0.4, -0.2) is 0 Å². The second-order valence-corrected chi connectivity index (χ2v) is 12.4. The van der Waals surface area contributed by atoms with Crippen LogP contribution in [0.1, 0.15) is 186 Å². The van der Waals surface area contributed by atoms with E-state index in [2.05, 4.69) is 56.3 Å². The first-order chi connectivity index (χ1) is 18.8. The highest BCUT2D eigenvalue weighted by Gasteiger charge is 2.08. The fraction of sp³-hybridized carbons (Fsp3) is 0.737. The van der Waals surface area contributed by atoms with E-state index in [-0.39, 0.29) is 0 Å². The van der Waals surface area contributed by atoms with E-state index in [1.165, 1.54) is 177 Å². The second-order valence-electron chi connectivity index (χ2n) is 12.4. The van der Waals surface area contributed by atoms with Gasteiger partial charge < -0.3 is 0 Å². The second kappa shape index (κ2) is 23.6. The van der Waals surface area contributed by atoms with Gasteiger partial charge in [0.05, 0.1) is 0 Å². The van der Waals surface area contributed by atoms with Crippen LogP contribution in [0.2, 0.25) is 0 Å². The largest absolute Gasteiger partial charge is 0.0654 e. The molecule has 2 aromatic carbocycles. The number of fused-ring (bicyclic) bond motifs is 1. The highest BCUT2D eigenvalue weighted by molar-refractivity contribution is 5.86. The molecule has 0 saturated carbocycles. The third-order valence-corrected chi connectivity index (χ3v) is 8.84. The van der Waals surface area contributed by atoms with E-state index in [4.69, 9.17) is 0 Å². The Morgan fingerprint density at radius 3 is 1.24 bits per heavy atom. The van der Waals surface area contributed by atoms with Gasteiger partial charge in [0.25, 0.3) is 0 Å². The van der Waals surface area contributed by atoms with E-state index >= 15 is 0 Å². The predicted octanol–water partition coefficient (Wildman–Crippen LogP) is 13.7. The standard InChI is InChI=1S/C38H64/c1-3-4-5-6-7-8-9-10-11-12-13-14-15-16-17-18-19-20-21-22-23-24-25-26-30-35(2)37-34-29-32-36-31-27-28-33-38(36)37/h27-29,31-35H,3-26,30H2,1-2H3. The highest BCUT2D eigenvalue weighted by atomic mass is 14.1. The summed E-state index contributed by atoms with van der Waals surface area (Å²) in [7, 11) is 0. The van der Waals surface area contributed by atoms with E-state index in [0.29, 0.717) is 5.92 Å². The summed E-state index contributed by atoms with van der Waals surface area (Å²) in [5, 5.41) is 2.84. The van der Waals surface area contributed by atoms with Crippen molar-refractivity contribution >= 4 is 10.8 Å². The molecule has 0 aliphatic rings. The lowest BCUT2D eigenvalue weighted by atomic mass is 9.90. The zero-order chi connectivity index (χ0) is 26.9. The van der Waals surface area contributed by atoms with E-state index in [0.717, 1.165) is 0 Å². The molecular formula is C38H64. The first-order valence-corrected chi connectivity index (χ1v) is 17.3. The normalized spacial score (nSPS) is 12.4. The van der Waals surface area contributed by atoms with Crippen LogP contribution in [0, 0.1) is 0 Å². The Kier molecular flexibility index (Phi) is 20.4. The van der Waals surface area contributed by atoms with Gasteiger partial charge in [-0.25, -0.2) is 0 Å². The molecule has 0 radical (unpaired) electrons. The quantitative estimate of drug-likeness (QED) is 0.108. The van der Waals surface area contributed by atoms with E-state index in [9.17, 15) is 0 Å². The first-order valence-electron chi connectivity index (χ1n) is 17.3. The van der Waals surface area contributed by atoms with Crippen molar-refractivity contribution in [2.45, 2.75) is 180 Å². The Hall–Kier alpha value is -1.30. The fourth-order valence-electron chi connectivity index (χ4n) is 6.25. The van der Waals surface area contributed by atoms with Crippen LogP contribution < -0.4 is 0 Å². The molecule has 0 saturated heterocycles. The van der Waals surface area contributed by atoms with Crippen LogP contribution >= 0.6 is 0 Å². The first kappa shape index (κ1) is 32.9. The molecule has 2 aromatic rings. The molecule has 0 fully saturated rings. The minimum Gasteiger partial charge on any atom is -0.0654 e. The van der Waals surface area contributed by atoms with Crippen LogP contribution in [0.4, 0.5) is 0 Å². The van der Waals surface area contributed by atoms with Gasteiger partial charge >= 0.3 is 0 Å². The molecule has 0 nitrogen and oxygen atoms in total. The number of rotatable bonds is 26. The molecule has 0 aromatic heterocycles. The average molecular weight is 521 g/mol. The lowest BCUT2D eigenvalue weighted by molar-refractivity contribution is 0.514. The smallest absolute Gasteiger partial charge is 0.0149 e.